The average Bonchev–Trinajstić information content (AvgIpc) is 2.77. The van der Waals surface area contributed by atoms with Crippen molar-refractivity contribution in [3.63, 3.8) is 0 Å². The molecular formula is C13H14N4. The van der Waals surface area contributed by atoms with E-state index in [-0.39, 0.29) is 0 Å². The van der Waals surface area contributed by atoms with E-state index in [0.29, 0.717) is 0 Å². The first-order valence-electron chi connectivity index (χ1n) is 5.75. The molecule has 4 heteroatoms. The molecule has 0 unspecified atom stereocenters. The highest BCUT2D eigenvalue weighted by molar-refractivity contribution is 5.51. The number of nitrogens with one attached hydrogen (secondary N) is 1. The van der Waals surface area contributed by atoms with E-state index < -0.39 is 0 Å². The lowest BCUT2D eigenvalue weighted by atomic mass is 10.2. The first kappa shape index (κ1) is 10.4. The molecule has 0 spiro atoms. The van der Waals surface area contributed by atoms with Crippen molar-refractivity contribution in [1.29, 1.82) is 0 Å². The summed E-state index contributed by atoms with van der Waals surface area (Å²) in [7, 11) is 0. The molecule has 0 atom stereocenters. The van der Waals surface area contributed by atoms with E-state index >= 15 is 0 Å². The summed E-state index contributed by atoms with van der Waals surface area (Å²) in [4.78, 5) is 13.6. The largest absolute Gasteiger partial charge is 0.307 e. The van der Waals surface area contributed by atoms with Crippen LogP contribution >= 0.6 is 0 Å². The van der Waals surface area contributed by atoms with Gasteiger partial charge in [0.2, 0.25) is 0 Å². The maximum atomic E-state index is 4.59. The van der Waals surface area contributed by atoms with Crippen molar-refractivity contribution in [2.24, 2.45) is 0 Å². The molecule has 3 heterocycles. The topological polar surface area (TPSA) is 50.7 Å². The minimum absolute atomic E-state index is 0.730. The number of aromatic nitrogens is 3. The van der Waals surface area contributed by atoms with Gasteiger partial charge in [-0.25, -0.2) is 15.0 Å². The third-order valence-electron chi connectivity index (χ3n) is 3.01. The monoisotopic (exact) mass is 226 g/mol. The zero-order chi connectivity index (χ0) is 11.8. The minimum atomic E-state index is 0.730. The maximum Gasteiger partial charge on any atom is 0.178 e. The Balaban J connectivity index is 2.13. The van der Waals surface area contributed by atoms with Gasteiger partial charge in [0.1, 0.15) is 5.69 Å². The molecule has 1 N–H and O–H groups in total. The lowest BCUT2D eigenvalue weighted by molar-refractivity contribution is 0.757. The number of hydrogen-bond donors (Lipinski definition) is 1. The van der Waals surface area contributed by atoms with Crippen LogP contribution in [0.25, 0.3) is 11.5 Å². The van der Waals surface area contributed by atoms with Crippen molar-refractivity contribution in [3.05, 3.63) is 40.8 Å². The first-order valence-corrected chi connectivity index (χ1v) is 5.75. The van der Waals surface area contributed by atoms with Crippen LogP contribution < -0.4 is 5.32 Å². The predicted molar refractivity (Wildman–Crippen MR) is 65.3 cm³/mol. The first-order chi connectivity index (χ1) is 8.24. The number of pyridine rings is 1. The van der Waals surface area contributed by atoms with Crippen LogP contribution in [0, 0.1) is 13.8 Å². The summed E-state index contributed by atoms with van der Waals surface area (Å²) < 4.78 is 0. The molecular weight excluding hydrogens is 212 g/mol. The minimum Gasteiger partial charge on any atom is -0.307 e. The van der Waals surface area contributed by atoms with E-state index in [0.717, 1.165) is 41.7 Å². The highest BCUT2D eigenvalue weighted by Crippen LogP contribution is 2.20. The van der Waals surface area contributed by atoms with Gasteiger partial charge in [0.15, 0.2) is 5.82 Å². The van der Waals surface area contributed by atoms with Crippen molar-refractivity contribution in [2.75, 3.05) is 0 Å². The lowest BCUT2D eigenvalue weighted by Gasteiger charge is -2.06. The molecule has 2 aromatic heterocycles. The SMILES string of the molecule is Cc1cccc(-c2nc(C)c3c(n2)CNC3)n1. The van der Waals surface area contributed by atoms with E-state index in [4.69, 9.17) is 0 Å². The van der Waals surface area contributed by atoms with Crippen LogP contribution in [-0.4, -0.2) is 15.0 Å². The summed E-state index contributed by atoms with van der Waals surface area (Å²) in [6.45, 7) is 5.72. The molecule has 2 aromatic rings. The number of hydrogen-bond acceptors (Lipinski definition) is 4. The maximum absolute atomic E-state index is 4.59. The summed E-state index contributed by atoms with van der Waals surface area (Å²) >= 11 is 0. The number of aryl methyl sites for hydroxylation is 2. The Hall–Kier alpha value is -1.81. The van der Waals surface area contributed by atoms with Crippen molar-refractivity contribution in [1.82, 2.24) is 20.3 Å². The van der Waals surface area contributed by atoms with E-state index in [9.17, 15) is 0 Å². The molecule has 0 aromatic carbocycles. The zero-order valence-electron chi connectivity index (χ0n) is 9.99. The van der Waals surface area contributed by atoms with Crippen LogP contribution in [0.1, 0.15) is 22.6 Å². The second-order valence-electron chi connectivity index (χ2n) is 4.33. The molecule has 4 nitrogen and oxygen atoms in total. The van der Waals surface area contributed by atoms with Gasteiger partial charge in [0.05, 0.1) is 5.69 Å². The van der Waals surface area contributed by atoms with Crippen molar-refractivity contribution >= 4 is 0 Å². The van der Waals surface area contributed by atoms with Crippen LogP contribution in [0.3, 0.4) is 0 Å². The summed E-state index contributed by atoms with van der Waals surface area (Å²) in [5.74, 6) is 0.730. The average molecular weight is 226 g/mol. The van der Waals surface area contributed by atoms with Crippen LogP contribution in [-0.2, 0) is 13.1 Å². The summed E-state index contributed by atoms with van der Waals surface area (Å²) in [5, 5.41) is 3.30. The number of fused-ring (bicyclic) bond motifs is 1. The fourth-order valence-corrected chi connectivity index (χ4v) is 2.12. The van der Waals surface area contributed by atoms with E-state index in [2.05, 4.69) is 20.3 Å². The third-order valence-corrected chi connectivity index (χ3v) is 3.01. The fourth-order valence-electron chi connectivity index (χ4n) is 2.12. The smallest absolute Gasteiger partial charge is 0.178 e. The highest BCUT2D eigenvalue weighted by atomic mass is 15.0. The Kier molecular flexibility index (Phi) is 2.37. The van der Waals surface area contributed by atoms with E-state index in [1.165, 1.54) is 5.56 Å². The molecule has 3 rings (SSSR count). The summed E-state index contributed by atoms with van der Waals surface area (Å²) in [5.41, 5.74) is 5.24. The molecule has 86 valence electrons. The number of nitrogens with zero attached hydrogens (tertiary/aromatic N) is 3. The zero-order valence-corrected chi connectivity index (χ0v) is 9.99. The molecule has 0 saturated heterocycles. The lowest BCUT2D eigenvalue weighted by Crippen LogP contribution is -2.01. The second-order valence-corrected chi connectivity index (χ2v) is 4.33. The molecule has 1 aliphatic heterocycles. The van der Waals surface area contributed by atoms with E-state index in [1.807, 2.05) is 32.0 Å². The van der Waals surface area contributed by atoms with Gasteiger partial charge >= 0.3 is 0 Å². The quantitative estimate of drug-likeness (QED) is 0.805. The molecule has 0 amide bonds. The molecule has 17 heavy (non-hydrogen) atoms. The van der Waals surface area contributed by atoms with E-state index in [1.54, 1.807) is 0 Å². The van der Waals surface area contributed by atoms with Gasteiger partial charge in [-0.05, 0) is 26.0 Å². The van der Waals surface area contributed by atoms with Gasteiger partial charge in [-0.3, -0.25) is 0 Å². The van der Waals surface area contributed by atoms with Gasteiger partial charge in [-0.15, -0.1) is 0 Å². The van der Waals surface area contributed by atoms with Gasteiger partial charge in [-0.2, -0.15) is 0 Å². The fraction of sp³-hybridized carbons (Fsp3) is 0.308. The second kappa shape index (κ2) is 3.89. The van der Waals surface area contributed by atoms with Gasteiger partial charge in [0.25, 0.3) is 0 Å². The summed E-state index contributed by atoms with van der Waals surface area (Å²) in [6.07, 6.45) is 0. The molecule has 0 radical (unpaired) electrons. The molecule has 0 saturated carbocycles. The number of rotatable bonds is 1. The Labute approximate surface area is 100 Å². The predicted octanol–water partition coefficient (Wildman–Crippen LogP) is 1.76. The summed E-state index contributed by atoms with van der Waals surface area (Å²) in [6, 6.07) is 5.92. The Morgan fingerprint density at radius 3 is 2.76 bits per heavy atom. The normalized spacial score (nSPS) is 13.8. The van der Waals surface area contributed by atoms with Crippen LogP contribution in [0.5, 0.6) is 0 Å². The molecule has 1 aliphatic rings. The van der Waals surface area contributed by atoms with Crippen molar-refractivity contribution in [3.8, 4) is 11.5 Å². The Bertz CT molecular complexity index is 578. The van der Waals surface area contributed by atoms with Gasteiger partial charge in [-0.1, -0.05) is 6.07 Å². The van der Waals surface area contributed by atoms with Crippen molar-refractivity contribution in [2.45, 2.75) is 26.9 Å². The Morgan fingerprint density at radius 1 is 1.06 bits per heavy atom. The highest BCUT2D eigenvalue weighted by Gasteiger charge is 2.17. The third kappa shape index (κ3) is 1.80. The van der Waals surface area contributed by atoms with Gasteiger partial charge in [0, 0.05) is 30.0 Å². The Morgan fingerprint density at radius 2 is 1.94 bits per heavy atom. The van der Waals surface area contributed by atoms with Gasteiger partial charge < -0.3 is 5.32 Å². The van der Waals surface area contributed by atoms with Crippen molar-refractivity contribution < 1.29 is 0 Å². The molecule has 0 fully saturated rings. The van der Waals surface area contributed by atoms with Crippen LogP contribution in [0.15, 0.2) is 18.2 Å². The van der Waals surface area contributed by atoms with Crippen LogP contribution in [0.4, 0.5) is 0 Å². The van der Waals surface area contributed by atoms with Crippen LogP contribution in [0.2, 0.25) is 0 Å². The standard InChI is InChI=1S/C13H14N4/c1-8-4-3-5-11(15-8)13-16-9(2)10-6-14-7-12(10)17-13/h3-5,14H,6-7H2,1-2H3. The molecule has 0 bridgehead atoms. The molecule has 0 aliphatic carbocycles.